The van der Waals surface area contributed by atoms with Crippen molar-refractivity contribution in [3.63, 3.8) is 0 Å². The number of carbonyl (C=O) groups is 4. The molecule has 4 heterocycles. The summed E-state index contributed by atoms with van der Waals surface area (Å²) in [5, 5.41) is 12.4. The molecule has 1 saturated carbocycles. The van der Waals surface area contributed by atoms with Gasteiger partial charge in [0.1, 0.15) is 30.3 Å². The highest BCUT2D eigenvalue weighted by atomic mass is 19.1. The highest BCUT2D eigenvalue weighted by molar-refractivity contribution is 5.92. The molecular formula is C45H63F4N9O4. The number of rotatable bonds is 15. The highest BCUT2D eigenvalue weighted by Crippen LogP contribution is 2.37. The number of carbonyl (C=O) groups excluding carboxylic acids is 4. The van der Waals surface area contributed by atoms with E-state index in [2.05, 4.69) is 33.2 Å². The third-order valence-corrected chi connectivity index (χ3v) is 12.3. The number of nitrogens with one attached hydrogen (secondary N) is 5. The van der Waals surface area contributed by atoms with Crippen LogP contribution in [0, 0.1) is 23.5 Å². The maximum atomic E-state index is 15.0. The predicted octanol–water partition coefficient (Wildman–Crippen LogP) is 5.06. The molecule has 2 aromatic heterocycles. The molecule has 340 valence electrons. The number of aromatic amines is 1. The van der Waals surface area contributed by atoms with Gasteiger partial charge in [-0.15, -0.1) is 0 Å². The molecule has 2 aromatic carbocycles. The number of H-pyrrole nitrogens is 1. The molecule has 2 aliphatic heterocycles. The number of likely N-dealkylation sites (tertiary alicyclic amines) is 2. The Morgan fingerprint density at radius 2 is 1.55 bits per heavy atom. The first-order valence-electron chi connectivity index (χ1n) is 21.6. The second-order valence-corrected chi connectivity index (χ2v) is 17.2. The number of benzene rings is 2. The molecule has 3 fully saturated rings. The van der Waals surface area contributed by atoms with Crippen molar-refractivity contribution in [1.82, 2.24) is 45.6 Å². The Morgan fingerprint density at radius 3 is 2.15 bits per heavy atom. The molecule has 13 nitrogen and oxygen atoms in total. The van der Waals surface area contributed by atoms with E-state index in [1.807, 2.05) is 25.3 Å². The number of fused-ring (bicyclic) bond motifs is 2. The molecule has 8 atom stereocenters. The lowest BCUT2D eigenvalue weighted by Crippen LogP contribution is -2.50. The van der Waals surface area contributed by atoms with Gasteiger partial charge in [-0.05, 0) is 109 Å². The van der Waals surface area contributed by atoms with E-state index in [4.69, 9.17) is 4.98 Å². The zero-order chi connectivity index (χ0) is 45.4. The number of aldehydes is 1. The summed E-state index contributed by atoms with van der Waals surface area (Å²) < 4.78 is 59.9. The summed E-state index contributed by atoms with van der Waals surface area (Å²) in [6.45, 7) is 9.77. The van der Waals surface area contributed by atoms with Gasteiger partial charge in [0.25, 0.3) is 0 Å². The van der Waals surface area contributed by atoms with Crippen LogP contribution in [0.4, 0.5) is 17.6 Å². The number of alkyl halides is 2. The molecule has 1 aliphatic carbocycles. The third-order valence-electron chi connectivity index (χ3n) is 12.3. The van der Waals surface area contributed by atoms with Crippen molar-refractivity contribution in [2.24, 2.45) is 11.8 Å². The molecule has 4 aromatic rings. The number of amides is 3. The minimum absolute atomic E-state index is 0.00463. The van der Waals surface area contributed by atoms with Crippen LogP contribution in [0.3, 0.4) is 0 Å². The Kier molecular flexibility index (Phi) is 16.7. The van der Waals surface area contributed by atoms with Gasteiger partial charge >= 0.3 is 0 Å². The topological polar surface area (TPSA) is 156 Å². The van der Waals surface area contributed by atoms with Crippen molar-refractivity contribution in [3.05, 3.63) is 53.6 Å². The van der Waals surface area contributed by atoms with E-state index in [9.17, 15) is 36.7 Å². The second-order valence-electron chi connectivity index (χ2n) is 17.2. The number of hydrogen-bond acceptors (Lipinski definition) is 8. The Labute approximate surface area is 361 Å². The Morgan fingerprint density at radius 1 is 0.887 bits per heavy atom. The monoisotopic (exact) mass is 869 g/mol. The number of hydrogen-bond donors (Lipinski definition) is 5. The van der Waals surface area contributed by atoms with E-state index in [0.717, 1.165) is 12.2 Å². The number of nitrogens with zero attached hydrogens (tertiary/aromatic N) is 4. The summed E-state index contributed by atoms with van der Waals surface area (Å²) in [7, 11) is 5.26. The fourth-order valence-corrected chi connectivity index (χ4v) is 8.25. The van der Waals surface area contributed by atoms with Crippen LogP contribution in [-0.2, 0) is 32.1 Å². The Bertz CT molecular complexity index is 2160. The van der Waals surface area contributed by atoms with Crippen molar-refractivity contribution in [3.8, 4) is 11.5 Å². The minimum atomic E-state index is -1.20. The van der Waals surface area contributed by atoms with Crippen LogP contribution in [0.5, 0.6) is 0 Å². The van der Waals surface area contributed by atoms with Crippen LogP contribution >= 0.6 is 0 Å². The fourth-order valence-electron chi connectivity index (χ4n) is 8.25. The molecule has 3 aliphatic rings. The Hall–Kier alpha value is -4.87. The zero-order valence-corrected chi connectivity index (χ0v) is 37.0. The highest BCUT2D eigenvalue weighted by Gasteiger charge is 2.40. The summed E-state index contributed by atoms with van der Waals surface area (Å²) in [6, 6.07) is 7.41. The largest absolute Gasteiger partial charge is 0.352 e. The van der Waals surface area contributed by atoms with Gasteiger partial charge in [-0.2, -0.15) is 0 Å². The van der Waals surface area contributed by atoms with E-state index in [1.165, 1.54) is 42.0 Å². The number of likely N-dealkylation sites (N-methyl/N-ethyl adjacent to an activating group) is 3. The smallest absolute Gasteiger partial charge is 0.240 e. The molecule has 3 amide bonds. The van der Waals surface area contributed by atoms with Crippen molar-refractivity contribution in [2.45, 2.75) is 122 Å². The number of halogens is 4. The normalized spacial score (nSPS) is 21.8. The van der Waals surface area contributed by atoms with Gasteiger partial charge in [-0.3, -0.25) is 14.4 Å². The quantitative estimate of drug-likeness (QED) is 0.0821. The summed E-state index contributed by atoms with van der Waals surface area (Å²) in [6.07, 6.45) is 2.22. The lowest BCUT2D eigenvalue weighted by atomic mass is 9.98. The molecule has 0 radical (unpaired) electrons. The van der Waals surface area contributed by atoms with Crippen molar-refractivity contribution in [2.75, 3.05) is 34.2 Å². The van der Waals surface area contributed by atoms with Crippen LogP contribution in [-0.4, -0.2) is 132 Å². The third kappa shape index (κ3) is 11.6. The van der Waals surface area contributed by atoms with Gasteiger partial charge < -0.3 is 45.4 Å². The summed E-state index contributed by atoms with van der Waals surface area (Å²) >= 11 is 0. The summed E-state index contributed by atoms with van der Waals surface area (Å²) in [4.78, 5) is 57.4. The predicted molar refractivity (Wildman–Crippen MR) is 233 cm³/mol. The van der Waals surface area contributed by atoms with Gasteiger partial charge in [-0.25, -0.2) is 22.5 Å². The van der Waals surface area contributed by atoms with E-state index in [0.29, 0.717) is 51.5 Å². The maximum Gasteiger partial charge on any atom is 0.240 e. The fraction of sp³-hybridized carbons (Fsp3) is 0.578. The van der Waals surface area contributed by atoms with Gasteiger partial charge in [0, 0.05) is 48.4 Å². The molecule has 0 spiro atoms. The number of imidazole rings is 1. The second kappa shape index (κ2) is 21.5. The van der Waals surface area contributed by atoms with Gasteiger partial charge in [0.2, 0.25) is 18.2 Å². The van der Waals surface area contributed by atoms with Crippen LogP contribution in [0.25, 0.3) is 33.5 Å². The molecule has 62 heavy (non-hydrogen) atoms. The maximum absolute atomic E-state index is 15.0. The van der Waals surface area contributed by atoms with Crippen LogP contribution in [0.1, 0.15) is 65.9 Å². The molecule has 2 saturated heterocycles. The first-order valence-corrected chi connectivity index (χ1v) is 21.6. The lowest BCUT2D eigenvalue weighted by molar-refractivity contribution is -0.135. The van der Waals surface area contributed by atoms with Crippen LogP contribution in [0.15, 0.2) is 36.4 Å². The van der Waals surface area contributed by atoms with E-state index in [-0.39, 0.29) is 68.7 Å². The van der Waals surface area contributed by atoms with Crippen LogP contribution in [0.2, 0.25) is 0 Å². The van der Waals surface area contributed by atoms with Gasteiger partial charge in [0.05, 0.1) is 54.0 Å². The molecule has 0 bridgehead atoms. The zero-order valence-electron chi connectivity index (χ0n) is 37.0. The van der Waals surface area contributed by atoms with Crippen molar-refractivity contribution < 1.29 is 36.7 Å². The number of aromatic nitrogens is 3. The average Bonchev–Trinajstić information content (AvgIpc) is 3.66. The minimum Gasteiger partial charge on any atom is -0.352 e. The first kappa shape index (κ1) is 48.2. The van der Waals surface area contributed by atoms with Crippen LogP contribution < -0.4 is 21.3 Å². The first-order chi connectivity index (χ1) is 29.5. The van der Waals surface area contributed by atoms with E-state index < -0.39 is 42.1 Å². The summed E-state index contributed by atoms with van der Waals surface area (Å²) in [5.41, 5.74) is 2.65. The molecule has 17 heteroatoms. The lowest BCUT2D eigenvalue weighted by Gasteiger charge is -2.30. The molecule has 5 N–H and O–H groups in total. The average molecular weight is 870 g/mol. The summed E-state index contributed by atoms with van der Waals surface area (Å²) in [5.74, 6) is 0.112. The standard InChI is InChI=1S/C32H36F4N6O2.C9H18N2O.C4H9NO/c1-17(2)29(37-3)32(44)41-14-21(36)8-22(41)12-25-24-6-4-18(33)10-26(24)38-30(25)31-39-27-11-19(34)5-7-28(27)42(31)15-23-9-20(35)13-40(23)16-43;1-6(8-4-5-8)11-9(12)7(2)10-3;1-4(3-6)5-2/h4-7,10-11,16-17,20-23,29,37-38H,8-9,12-15H2,1-3H3;6-8,10H,4-5H2,1-3H3,(H,11,12);3-5H,1-2H3. The van der Waals surface area contributed by atoms with Crippen molar-refractivity contribution >= 4 is 46.4 Å². The molecule has 7 rings (SSSR count). The van der Waals surface area contributed by atoms with Crippen molar-refractivity contribution in [1.29, 1.82) is 0 Å². The van der Waals surface area contributed by atoms with Gasteiger partial charge in [0.15, 0.2) is 5.82 Å². The Balaban J connectivity index is 0.000000336. The van der Waals surface area contributed by atoms with Gasteiger partial charge in [-0.1, -0.05) is 13.8 Å². The molecule has 8 unspecified atom stereocenters. The SMILES string of the molecule is CNC(C(=O)N1CC(F)CC1Cc1c(-c2nc3cc(F)ccc3n2CC2CC(F)CN2C=O)[nH]c2cc(F)ccc12)C(C)C.CNC(C)C(=O)NC(C)C1CC1.CNC(C)C=O. The van der Waals surface area contributed by atoms with E-state index in [1.54, 1.807) is 45.1 Å². The van der Waals surface area contributed by atoms with E-state index >= 15 is 0 Å². The molecular weight excluding hydrogens is 807 g/mol.